The van der Waals surface area contributed by atoms with Gasteiger partial charge in [0, 0.05) is 0 Å². The predicted octanol–water partition coefficient (Wildman–Crippen LogP) is 0.798. The van der Waals surface area contributed by atoms with Crippen LogP contribution in [0.3, 0.4) is 0 Å². The van der Waals surface area contributed by atoms with Gasteiger partial charge in [0.25, 0.3) is 0 Å². The van der Waals surface area contributed by atoms with E-state index in [-0.39, 0.29) is 4.90 Å². The summed E-state index contributed by atoms with van der Waals surface area (Å²) < 4.78 is 34.8. The van der Waals surface area contributed by atoms with E-state index in [0.29, 0.717) is 6.29 Å². The highest BCUT2D eigenvalue weighted by molar-refractivity contribution is 7.92. The summed E-state index contributed by atoms with van der Waals surface area (Å²) in [7, 11) is -3.56. The van der Waals surface area contributed by atoms with E-state index in [1.165, 1.54) is 0 Å². The van der Waals surface area contributed by atoms with Gasteiger partial charge in [-0.2, -0.15) is 0 Å². The number of hydrogen-bond donors (Lipinski definition) is 0. The van der Waals surface area contributed by atoms with Crippen LogP contribution in [0.5, 0.6) is 0 Å². The van der Waals surface area contributed by atoms with Crippen LogP contribution in [0.15, 0.2) is 29.2 Å². The van der Waals surface area contributed by atoms with Crippen molar-refractivity contribution in [3.05, 3.63) is 30.1 Å². The van der Waals surface area contributed by atoms with Crippen molar-refractivity contribution in [3.8, 4) is 0 Å². The minimum atomic E-state index is -3.56. The number of hydrogen-bond acceptors (Lipinski definition) is 3. The summed E-state index contributed by atoms with van der Waals surface area (Å²) in [6.07, 6.45) is 0.304. The van der Waals surface area contributed by atoms with Crippen molar-refractivity contribution < 1.29 is 17.6 Å². The third-order valence-corrected chi connectivity index (χ3v) is 3.03. The normalized spacial score (nSPS) is 11.2. The average Bonchev–Trinajstić information content (AvgIpc) is 2.05. The summed E-state index contributed by atoms with van der Waals surface area (Å²) in [5, 5.41) is 0. The molecule has 0 N–H and O–H groups in total. The molecular weight excluding hydrogens is 195 g/mol. The first kappa shape index (κ1) is 9.85. The number of benzene rings is 1. The van der Waals surface area contributed by atoms with E-state index in [2.05, 4.69) is 0 Å². The zero-order valence-electron chi connectivity index (χ0n) is 6.60. The first-order valence-electron chi connectivity index (χ1n) is 3.48. The maximum absolute atomic E-state index is 12.4. The molecule has 13 heavy (non-hydrogen) atoms. The fourth-order valence-electron chi connectivity index (χ4n) is 0.828. The van der Waals surface area contributed by atoms with Crippen molar-refractivity contribution in [1.82, 2.24) is 0 Å². The van der Waals surface area contributed by atoms with Crippen LogP contribution >= 0.6 is 0 Å². The Hall–Kier alpha value is -1.23. The zero-order chi connectivity index (χ0) is 9.90. The molecule has 0 saturated heterocycles. The molecule has 0 aromatic heterocycles. The van der Waals surface area contributed by atoms with Crippen molar-refractivity contribution in [2.24, 2.45) is 0 Å². The fraction of sp³-hybridized carbons (Fsp3) is 0.125. The van der Waals surface area contributed by atoms with Crippen molar-refractivity contribution >= 4 is 16.1 Å². The summed E-state index contributed by atoms with van der Waals surface area (Å²) in [6, 6.07) is 4.34. The number of aldehydes is 1. The molecule has 0 aliphatic heterocycles. The topological polar surface area (TPSA) is 51.2 Å². The first-order valence-corrected chi connectivity index (χ1v) is 5.13. The van der Waals surface area contributed by atoms with Crippen LogP contribution in [0, 0.1) is 5.82 Å². The Bertz CT molecular complexity index is 394. The van der Waals surface area contributed by atoms with Gasteiger partial charge in [-0.1, -0.05) is 0 Å². The van der Waals surface area contributed by atoms with Crippen molar-refractivity contribution in [1.29, 1.82) is 0 Å². The van der Waals surface area contributed by atoms with Gasteiger partial charge in [-0.25, -0.2) is 12.8 Å². The lowest BCUT2D eigenvalue weighted by Crippen LogP contribution is -2.07. The Balaban J connectivity index is 3.08. The minimum absolute atomic E-state index is 0.0407. The zero-order valence-corrected chi connectivity index (χ0v) is 7.42. The Labute approximate surface area is 75.1 Å². The summed E-state index contributed by atoms with van der Waals surface area (Å²) in [5.41, 5.74) is 0. The Kier molecular flexibility index (Phi) is 2.77. The SMILES string of the molecule is O=CCS(=O)(=O)c1ccc(F)cc1. The number of sulfone groups is 1. The molecule has 0 atom stereocenters. The molecule has 1 rings (SSSR count). The van der Waals surface area contributed by atoms with Crippen LogP contribution in [0.2, 0.25) is 0 Å². The minimum Gasteiger partial charge on any atom is -0.302 e. The molecule has 0 saturated carbocycles. The van der Waals surface area contributed by atoms with Gasteiger partial charge in [0.15, 0.2) is 9.84 Å². The van der Waals surface area contributed by atoms with Gasteiger partial charge >= 0.3 is 0 Å². The lowest BCUT2D eigenvalue weighted by Gasteiger charge is -1.98. The second-order valence-corrected chi connectivity index (χ2v) is 4.44. The summed E-state index contributed by atoms with van der Waals surface area (Å²) in [6.45, 7) is 0. The molecule has 70 valence electrons. The van der Waals surface area contributed by atoms with E-state index in [0.717, 1.165) is 24.3 Å². The van der Waals surface area contributed by atoms with Crippen LogP contribution < -0.4 is 0 Å². The predicted molar refractivity (Wildman–Crippen MR) is 44.5 cm³/mol. The summed E-state index contributed by atoms with van der Waals surface area (Å²) in [4.78, 5) is 9.97. The molecule has 1 aromatic carbocycles. The van der Waals surface area contributed by atoms with Crippen LogP contribution in [0.25, 0.3) is 0 Å². The molecule has 0 bridgehead atoms. The third kappa shape index (κ3) is 2.35. The second-order valence-electron chi connectivity index (χ2n) is 2.40. The van der Waals surface area contributed by atoms with Crippen molar-refractivity contribution in [2.45, 2.75) is 4.90 Å². The number of carbonyl (C=O) groups excluding carboxylic acids is 1. The monoisotopic (exact) mass is 202 g/mol. The van der Waals surface area contributed by atoms with Gasteiger partial charge in [0.05, 0.1) is 4.90 Å². The van der Waals surface area contributed by atoms with Crippen molar-refractivity contribution in [3.63, 3.8) is 0 Å². The van der Waals surface area contributed by atoms with E-state index < -0.39 is 21.4 Å². The van der Waals surface area contributed by atoms with E-state index in [4.69, 9.17) is 0 Å². The number of carbonyl (C=O) groups is 1. The van der Waals surface area contributed by atoms with Crippen LogP contribution in [0.4, 0.5) is 4.39 Å². The van der Waals surface area contributed by atoms with E-state index >= 15 is 0 Å². The smallest absolute Gasteiger partial charge is 0.185 e. The molecule has 0 heterocycles. The lowest BCUT2D eigenvalue weighted by atomic mass is 10.4. The third-order valence-electron chi connectivity index (χ3n) is 1.46. The Morgan fingerprint density at radius 1 is 1.23 bits per heavy atom. The molecule has 0 fully saturated rings. The second kappa shape index (κ2) is 3.66. The molecule has 1 aromatic rings. The molecule has 3 nitrogen and oxygen atoms in total. The van der Waals surface area contributed by atoms with Gasteiger partial charge in [0.2, 0.25) is 0 Å². The van der Waals surface area contributed by atoms with Gasteiger partial charge in [-0.3, -0.25) is 0 Å². The molecular formula is C8H7FO3S. The van der Waals surface area contributed by atoms with E-state index in [9.17, 15) is 17.6 Å². The van der Waals surface area contributed by atoms with Crippen LogP contribution in [-0.4, -0.2) is 20.5 Å². The van der Waals surface area contributed by atoms with E-state index in [1.807, 2.05) is 0 Å². The van der Waals surface area contributed by atoms with Gasteiger partial charge < -0.3 is 4.79 Å². The number of rotatable bonds is 3. The average molecular weight is 202 g/mol. The van der Waals surface area contributed by atoms with Crippen LogP contribution in [0.1, 0.15) is 0 Å². The van der Waals surface area contributed by atoms with Crippen molar-refractivity contribution in [2.75, 3.05) is 5.75 Å². The Morgan fingerprint density at radius 3 is 2.23 bits per heavy atom. The largest absolute Gasteiger partial charge is 0.302 e. The first-order chi connectivity index (χ1) is 6.06. The molecule has 0 aliphatic carbocycles. The highest BCUT2D eigenvalue weighted by Crippen LogP contribution is 2.10. The fourth-order valence-corrected chi connectivity index (χ4v) is 1.75. The summed E-state index contributed by atoms with van der Waals surface area (Å²) in [5.74, 6) is -1.08. The maximum atomic E-state index is 12.4. The lowest BCUT2D eigenvalue weighted by molar-refractivity contribution is -0.105. The molecule has 0 spiro atoms. The van der Waals surface area contributed by atoms with Crippen LogP contribution in [-0.2, 0) is 14.6 Å². The molecule has 0 amide bonds. The molecule has 5 heteroatoms. The molecule has 0 unspecified atom stereocenters. The molecule has 0 aliphatic rings. The highest BCUT2D eigenvalue weighted by Gasteiger charge is 2.12. The van der Waals surface area contributed by atoms with E-state index in [1.54, 1.807) is 0 Å². The number of halogens is 1. The Morgan fingerprint density at radius 2 is 1.77 bits per heavy atom. The van der Waals surface area contributed by atoms with Gasteiger partial charge in [-0.15, -0.1) is 0 Å². The van der Waals surface area contributed by atoms with Gasteiger partial charge in [-0.05, 0) is 24.3 Å². The highest BCUT2D eigenvalue weighted by atomic mass is 32.2. The van der Waals surface area contributed by atoms with Gasteiger partial charge in [0.1, 0.15) is 17.9 Å². The summed E-state index contributed by atoms with van der Waals surface area (Å²) >= 11 is 0. The maximum Gasteiger partial charge on any atom is 0.185 e. The molecule has 0 radical (unpaired) electrons. The standard InChI is InChI=1S/C8H7FO3S/c9-7-1-3-8(4-2-7)13(11,12)6-5-10/h1-5H,6H2. The quantitative estimate of drug-likeness (QED) is 0.538.